The Labute approximate surface area is 485 Å². The van der Waals surface area contributed by atoms with E-state index in [0.29, 0.717) is 72.7 Å². The Morgan fingerprint density at radius 1 is 0.614 bits per heavy atom. The number of aromatic nitrogens is 8. The zero-order valence-electron chi connectivity index (χ0n) is 49.1. The first-order valence-corrected chi connectivity index (χ1v) is 27.1. The first-order valence-electron chi connectivity index (χ1n) is 27.1. The molecular formula is C63H75N11O9. The van der Waals surface area contributed by atoms with E-state index in [1.54, 1.807) is 95.8 Å². The van der Waals surface area contributed by atoms with Crippen LogP contribution in [0.1, 0.15) is 123 Å². The largest absolute Gasteiger partial charge is 0.474 e. The Kier molecular flexibility index (Phi) is 21.8. The summed E-state index contributed by atoms with van der Waals surface area (Å²) in [6, 6.07) is 23.1. The molecule has 2 aromatic carbocycles. The first-order chi connectivity index (χ1) is 39.5. The SMILES string of the molecule is C=CCc1cn(Cc2ccccc2)nc1-c1nnc(-c2nc(O[C@H](C)CC=C)c(C)cc2NC(=O)OC(C)(C)C)o1.C=CCc1cn(Cc2ccccc2)nc1C(=O)NCC(=O)c1nc(O[C@H](C)CC=C)c(C)cc1NC(=O)OC(C)(C)C. The van der Waals surface area contributed by atoms with Crippen molar-refractivity contribution < 1.29 is 42.5 Å². The van der Waals surface area contributed by atoms with Crippen LogP contribution in [0.15, 0.2) is 140 Å². The van der Waals surface area contributed by atoms with Crippen molar-refractivity contribution in [1.29, 1.82) is 0 Å². The van der Waals surface area contributed by atoms with E-state index in [-0.39, 0.29) is 52.6 Å². The Morgan fingerprint density at radius 2 is 1.08 bits per heavy atom. The molecule has 0 aliphatic carbocycles. The molecule has 0 bridgehead atoms. The van der Waals surface area contributed by atoms with Gasteiger partial charge in [0, 0.05) is 47.5 Å². The van der Waals surface area contributed by atoms with Gasteiger partial charge < -0.3 is 28.7 Å². The number of benzene rings is 2. The summed E-state index contributed by atoms with van der Waals surface area (Å²) in [5, 5.41) is 25.8. The fourth-order valence-corrected chi connectivity index (χ4v) is 8.12. The number of nitrogens with zero attached hydrogens (tertiary/aromatic N) is 8. The molecule has 5 heterocycles. The highest BCUT2D eigenvalue weighted by Gasteiger charge is 2.27. The third-order valence-electron chi connectivity index (χ3n) is 11.7. The summed E-state index contributed by atoms with van der Waals surface area (Å²) in [5.41, 5.74) is 4.99. The van der Waals surface area contributed by atoms with Crippen LogP contribution in [0, 0.1) is 13.8 Å². The van der Waals surface area contributed by atoms with Crippen molar-refractivity contribution in [1.82, 2.24) is 45.0 Å². The monoisotopic (exact) mass is 1130 g/mol. The summed E-state index contributed by atoms with van der Waals surface area (Å²) in [5.74, 6) is -0.127. The van der Waals surface area contributed by atoms with Crippen molar-refractivity contribution in [2.45, 2.75) is 131 Å². The fraction of sp³-hybridized carbons (Fsp3) is 0.333. The van der Waals surface area contributed by atoms with Crippen LogP contribution < -0.4 is 25.4 Å². The second-order valence-electron chi connectivity index (χ2n) is 21.5. The predicted octanol–water partition coefficient (Wildman–Crippen LogP) is 12.4. The van der Waals surface area contributed by atoms with Gasteiger partial charge in [-0.1, -0.05) is 85.0 Å². The normalized spacial score (nSPS) is 11.9. The highest BCUT2D eigenvalue weighted by Crippen LogP contribution is 2.34. The summed E-state index contributed by atoms with van der Waals surface area (Å²) in [4.78, 5) is 60.9. The zero-order chi connectivity index (χ0) is 60.4. The topological polar surface area (TPSA) is 242 Å². The molecule has 7 aromatic rings. The van der Waals surface area contributed by atoms with Crippen LogP contribution >= 0.6 is 0 Å². The summed E-state index contributed by atoms with van der Waals surface area (Å²) < 4.78 is 32.4. The van der Waals surface area contributed by atoms with E-state index in [4.69, 9.17) is 28.5 Å². The molecule has 0 saturated heterocycles. The van der Waals surface area contributed by atoms with Crippen molar-refractivity contribution in [2.75, 3.05) is 17.2 Å². The Bertz CT molecular complexity index is 3410. The second-order valence-corrected chi connectivity index (χ2v) is 21.5. The van der Waals surface area contributed by atoms with Crippen molar-refractivity contribution in [3.63, 3.8) is 0 Å². The number of carbonyl (C=O) groups excluding carboxylic acids is 4. The van der Waals surface area contributed by atoms with Crippen LogP contribution in [0.25, 0.3) is 23.2 Å². The average molecular weight is 1130 g/mol. The van der Waals surface area contributed by atoms with E-state index in [2.05, 4.69) is 67.5 Å². The number of Topliss-reactive ketones (excluding diaryl/α,β-unsaturated/α-hetero) is 1. The van der Waals surface area contributed by atoms with E-state index in [9.17, 15) is 19.2 Å². The molecule has 0 unspecified atom stereocenters. The molecule has 0 fully saturated rings. The molecule has 5 aromatic heterocycles. The van der Waals surface area contributed by atoms with Gasteiger partial charge in [-0.15, -0.1) is 36.5 Å². The van der Waals surface area contributed by atoms with Gasteiger partial charge in [0.2, 0.25) is 17.5 Å². The Morgan fingerprint density at radius 3 is 1.60 bits per heavy atom. The molecule has 0 radical (unpaired) electrons. The van der Waals surface area contributed by atoms with E-state index in [1.165, 1.54) is 0 Å². The smallest absolute Gasteiger partial charge is 0.412 e. The average Bonchev–Trinajstić information content (AvgIpc) is 4.34. The van der Waals surface area contributed by atoms with Gasteiger partial charge >= 0.3 is 12.2 Å². The summed E-state index contributed by atoms with van der Waals surface area (Å²) in [6.45, 7) is 33.8. The lowest BCUT2D eigenvalue weighted by Gasteiger charge is -2.21. The molecule has 3 N–H and O–H groups in total. The van der Waals surface area contributed by atoms with Gasteiger partial charge in [0.25, 0.3) is 17.7 Å². The van der Waals surface area contributed by atoms with Crippen molar-refractivity contribution in [2.24, 2.45) is 0 Å². The Balaban J connectivity index is 0.000000267. The third-order valence-corrected chi connectivity index (χ3v) is 11.7. The summed E-state index contributed by atoms with van der Waals surface area (Å²) in [7, 11) is 0. The fourth-order valence-electron chi connectivity index (χ4n) is 8.12. The van der Waals surface area contributed by atoms with Crippen LogP contribution in [0.5, 0.6) is 11.8 Å². The summed E-state index contributed by atoms with van der Waals surface area (Å²) in [6.07, 6.45) is 11.1. The van der Waals surface area contributed by atoms with E-state index in [0.717, 1.165) is 16.7 Å². The number of carbonyl (C=O) groups is 4. The molecule has 0 aliphatic rings. The molecule has 2 atom stereocenters. The minimum absolute atomic E-state index is 0.0755. The van der Waals surface area contributed by atoms with Gasteiger partial charge in [-0.3, -0.25) is 29.6 Å². The van der Waals surface area contributed by atoms with Crippen molar-refractivity contribution in [3.05, 3.63) is 181 Å². The van der Waals surface area contributed by atoms with Crippen LogP contribution in [0.4, 0.5) is 21.0 Å². The maximum atomic E-state index is 13.4. The van der Waals surface area contributed by atoms with E-state index in [1.807, 2.05) is 92.3 Å². The molecule has 0 spiro atoms. The quantitative estimate of drug-likeness (QED) is 0.0376. The summed E-state index contributed by atoms with van der Waals surface area (Å²) >= 11 is 0. The number of ether oxygens (including phenoxy) is 4. The Hall–Kier alpha value is -9.46. The molecule has 0 aliphatic heterocycles. The highest BCUT2D eigenvalue weighted by atomic mass is 16.6. The second kappa shape index (κ2) is 28.8. The van der Waals surface area contributed by atoms with Crippen LogP contribution in [0.3, 0.4) is 0 Å². The highest BCUT2D eigenvalue weighted by molar-refractivity contribution is 6.06. The number of ketones is 1. The maximum absolute atomic E-state index is 13.4. The molecular weight excluding hydrogens is 1050 g/mol. The van der Waals surface area contributed by atoms with Crippen LogP contribution in [-0.4, -0.2) is 93.6 Å². The van der Waals surface area contributed by atoms with Gasteiger partial charge in [-0.2, -0.15) is 10.2 Å². The molecule has 7 rings (SSSR count). The number of pyridine rings is 2. The van der Waals surface area contributed by atoms with Gasteiger partial charge in [0.1, 0.15) is 29.1 Å². The number of amides is 3. The lowest BCUT2D eigenvalue weighted by atomic mass is 10.1. The molecule has 0 saturated carbocycles. The van der Waals surface area contributed by atoms with Crippen molar-refractivity contribution >= 4 is 35.3 Å². The molecule has 3 amide bonds. The van der Waals surface area contributed by atoms with Crippen LogP contribution in [-0.2, 0) is 35.4 Å². The molecule has 20 heteroatoms. The van der Waals surface area contributed by atoms with E-state index >= 15 is 0 Å². The number of anilines is 2. The number of hydrogen-bond acceptors (Lipinski definition) is 15. The van der Waals surface area contributed by atoms with Gasteiger partial charge in [0.05, 0.1) is 31.0 Å². The van der Waals surface area contributed by atoms with Crippen molar-refractivity contribution in [3.8, 4) is 34.9 Å². The number of aryl methyl sites for hydroxylation is 2. The third kappa shape index (κ3) is 18.8. The first kappa shape index (κ1) is 62.7. The van der Waals surface area contributed by atoms with Gasteiger partial charge in [-0.05, 0) is 105 Å². The van der Waals surface area contributed by atoms with Crippen LogP contribution in [0.2, 0.25) is 0 Å². The number of nitrogens with one attached hydrogen (secondary N) is 3. The number of allylic oxidation sites excluding steroid dienone is 2. The number of rotatable bonds is 24. The zero-order valence-corrected chi connectivity index (χ0v) is 49.1. The maximum Gasteiger partial charge on any atom is 0.412 e. The lowest BCUT2D eigenvalue weighted by Crippen LogP contribution is -2.32. The standard InChI is InChI=1S/C32H39N5O5.C31H36N6O4/c1-8-13-22(4)41-30-21(3)17-25(34-31(40)42-32(5,6)7)28(35-30)26(38)18-33-29(39)27-24(14-9-2)20-37(36-27)19-23-15-11-10-12-16-23;1-8-13-21(4)39-27-20(3)17-24(32-30(38)41-31(5,6)7)26(33-27)29-35-34-28(40-29)25-23(14-9-2)19-37(36-25)18-22-15-11-10-12-16-22/h8-12,15-17,20,22H,1-2,13-14,18-19H2,3-7H3,(H,33,39)(H,34,40);8-12,15-17,19,21H,1-2,13-14,18H2,3-7H3,(H,32,38)/t22-;21-/m11/s1. The molecule has 83 heavy (non-hydrogen) atoms. The molecule has 436 valence electrons. The van der Waals surface area contributed by atoms with E-state index < -0.39 is 41.6 Å². The minimum atomic E-state index is -0.749. The molecule has 20 nitrogen and oxygen atoms in total. The lowest BCUT2D eigenvalue weighted by molar-refractivity contribution is 0.0624. The predicted molar refractivity (Wildman–Crippen MR) is 320 cm³/mol. The van der Waals surface area contributed by atoms with Gasteiger partial charge in [-0.25, -0.2) is 19.6 Å². The minimum Gasteiger partial charge on any atom is -0.474 e. The number of hydrogen-bond donors (Lipinski definition) is 3. The van der Waals surface area contributed by atoms with Gasteiger partial charge in [0.15, 0.2) is 17.1 Å².